The topological polar surface area (TPSA) is 101 Å². The zero-order chi connectivity index (χ0) is 19.3. The number of aromatic nitrogens is 2. The van der Waals surface area contributed by atoms with E-state index in [-0.39, 0.29) is 11.3 Å². The highest BCUT2D eigenvalue weighted by atomic mass is 32.2. The lowest BCUT2D eigenvalue weighted by atomic mass is 10.2. The molecule has 0 saturated heterocycles. The minimum atomic E-state index is -3.49. The summed E-state index contributed by atoms with van der Waals surface area (Å²) in [5.41, 5.74) is 1.58. The first-order chi connectivity index (χ1) is 12.9. The average molecular weight is 421 g/mol. The maximum Gasteiger partial charge on any atom is 0.259 e. The average Bonchev–Trinajstić information content (AvgIpc) is 3.07. The first-order valence-electron chi connectivity index (χ1n) is 7.79. The largest absolute Gasteiger partial charge is 0.296 e. The van der Waals surface area contributed by atoms with E-state index >= 15 is 0 Å². The van der Waals surface area contributed by atoms with Gasteiger partial charge in [0, 0.05) is 5.75 Å². The summed E-state index contributed by atoms with van der Waals surface area (Å²) in [5.74, 6) is 0.294. The number of thioether (sulfide) groups is 1. The van der Waals surface area contributed by atoms with Crippen LogP contribution in [0.5, 0.6) is 0 Å². The molecule has 140 valence electrons. The highest BCUT2D eigenvalue weighted by Gasteiger charge is 2.16. The van der Waals surface area contributed by atoms with Crippen LogP contribution >= 0.6 is 23.1 Å². The molecule has 0 aliphatic rings. The Labute approximate surface area is 165 Å². The number of sulfonamides is 1. The molecule has 1 heterocycles. The van der Waals surface area contributed by atoms with Gasteiger partial charge in [-0.3, -0.25) is 14.8 Å². The van der Waals surface area contributed by atoms with Crippen LogP contribution < -0.4 is 10.0 Å². The maximum absolute atomic E-state index is 12.5. The van der Waals surface area contributed by atoms with Crippen LogP contribution in [0.1, 0.15) is 15.9 Å². The highest BCUT2D eigenvalue weighted by Crippen LogP contribution is 2.29. The SMILES string of the molecule is CS(=O)(=O)Nc1ccccc1C(=O)Nc1nnc(SCc2ccccc2)s1. The van der Waals surface area contributed by atoms with Gasteiger partial charge >= 0.3 is 0 Å². The van der Waals surface area contributed by atoms with E-state index in [1.54, 1.807) is 12.1 Å². The van der Waals surface area contributed by atoms with Gasteiger partial charge in [0.05, 0.1) is 17.5 Å². The second-order valence-electron chi connectivity index (χ2n) is 5.52. The van der Waals surface area contributed by atoms with Gasteiger partial charge in [0.15, 0.2) is 4.34 Å². The lowest BCUT2D eigenvalue weighted by molar-refractivity contribution is 0.102. The first kappa shape index (κ1) is 19.3. The molecule has 3 rings (SSSR count). The quantitative estimate of drug-likeness (QED) is 0.448. The Bertz CT molecular complexity index is 1040. The van der Waals surface area contributed by atoms with Gasteiger partial charge < -0.3 is 0 Å². The summed E-state index contributed by atoms with van der Waals surface area (Å²) in [6.45, 7) is 0. The number of carbonyl (C=O) groups is 1. The van der Waals surface area contributed by atoms with Crippen molar-refractivity contribution in [2.75, 3.05) is 16.3 Å². The second kappa shape index (κ2) is 8.51. The standard InChI is InChI=1S/C17H16N4O3S3/c1-27(23,24)21-14-10-6-5-9-13(14)15(22)18-16-19-20-17(26-16)25-11-12-7-3-2-4-8-12/h2-10,21H,11H2,1H3,(H,18,19,22). The smallest absolute Gasteiger partial charge is 0.259 e. The van der Waals surface area contributed by atoms with Crippen molar-refractivity contribution >= 4 is 49.8 Å². The van der Waals surface area contributed by atoms with E-state index in [4.69, 9.17) is 0 Å². The van der Waals surface area contributed by atoms with Crippen LogP contribution in [-0.2, 0) is 15.8 Å². The normalized spacial score (nSPS) is 11.1. The molecule has 0 bridgehead atoms. The predicted octanol–water partition coefficient (Wildman–Crippen LogP) is 3.45. The third-order valence-electron chi connectivity index (χ3n) is 3.30. The van der Waals surface area contributed by atoms with Gasteiger partial charge in [0.25, 0.3) is 5.91 Å². The van der Waals surface area contributed by atoms with Crippen molar-refractivity contribution < 1.29 is 13.2 Å². The molecule has 3 aromatic rings. The summed E-state index contributed by atoms with van der Waals surface area (Å²) in [5, 5.41) is 11.1. The molecule has 0 unspecified atom stereocenters. The third-order valence-corrected chi connectivity index (χ3v) is 5.93. The Morgan fingerprint density at radius 3 is 2.52 bits per heavy atom. The number of benzene rings is 2. The van der Waals surface area contributed by atoms with E-state index in [1.165, 1.54) is 40.8 Å². The fourth-order valence-corrected chi connectivity index (χ4v) is 4.45. The van der Waals surface area contributed by atoms with Gasteiger partial charge in [-0.05, 0) is 17.7 Å². The van der Waals surface area contributed by atoms with Crippen LogP contribution in [0.25, 0.3) is 0 Å². The van der Waals surface area contributed by atoms with Crippen molar-refractivity contribution in [3.8, 4) is 0 Å². The molecule has 1 aromatic heterocycles. The van der Waals surface area contributed by atoms with E-state index in [9.17, 15) is 13.2 Å². The summed E-state index contributed by atoms with van der Waals surface area (Å²) in [4.78, 5) is 12.5. The monoisotopic (exact) mass is 420 g/mol. The molecule has 0 aliphatic heterocycles. The van der Waals surface area contributed by atoms with Gasteiger partial charge in [-0.1, -0.05) is 65.6 Å². The zero-order valence-electron chi connectivity index (χ0n) is 14.2. The van der Waals surface area contributed by atoms with Gasteiger partial charge in [-0.25, -0.2) is 8.42 Å². The summed E-state index contributed by atoms with van der Waals surface area (Å²) in [7, 11) is -3.49. The van der Waals surface area contributed by atoms with Crippen molar-refractivity contribution in [3.05, 3.63) is 65.7 Å². The van der Waals surface area contributed by atoms with E-state index < -0.39 is 15.9 Å². The van der Waals surface area contributed by atoms with E-state index in [2.05, 4.69) is 20.2 Å². The number of hydrogen-bond donors (Lipinski definition) is 2. The number of nitrogens with one attached hydrogen (secondary N) is 2. The van der Waals surface area contributed by atoms with Gasteiger partial charge in [0.1, 0.15) is 0 Å². The number of hydrogen-bond acceptors (Lipinski definition) is 7. The fraction of sp³-hybridized carbons (Fsp3) is 0.118. The lowest BCUT2D eigenvalue weighted by Gasteiger charge is -2.09. The van der Waals surface area contributed by atoms with Crippen LogP contribution in [-0.4, -0.2) is 30.8 Å². The maximum atomic E-state index is 12.5. The van der Waals surface area contributed by atoms with Crippen LogP contribution in [0, 0.1) is 0 Å². The molecule has 0 aliphatic carbocycles. The molecular weight excluding hydrogens is 404 g/mol. The molecule has 0 saturated carbocycles. The predicted molar refractivity (Wildman–Crippen MR) is 109 cm³/mol. The Kier molecular flexibility index (Phi) is 6.09. The van der Waals surface area contributed by atoms with E-state index in [1.807, 2.05) is 30.3 Å². The third kappa shape index (κ3) is 5.78. The first-order valence-corrected chi connectivity index (χ1v) is 11.5. The minimum absolute atomic E-state index is 0.205. The molecule has 0 atom stereocenters. The summed E-state index contributed by atoms with van der Waals surface area (Å²) < 4.78 is 26.0. The molecule has 2 aromatic carbocycles. The van der Waals surface area contributed by atoms with Gasteiger partial charge in [-0.15, -0.1) is 10.2 Å². The van der Waals surface area contributed by atoms with Crippen LogP contribution in [0.3, 0.4) is 0 Å². The number of carbonyl (C=O) groups excluding carboxylic acids is 1. The summed E-state index contributed by atoms with van der Waals surface area (Å²) >= 11 is 2.79. The molecule has 1 amide bonds. The lowest BCUT2D eigenvalue weighted by Crippen LogP contribution is -2.17. The zero-order valence-corrected chi connectivity index (χ0v) is 16.7. The summed E-state index contributed by atoms with van der Waals surface area (Å²) in [6, 6.07) is 16.3. The number of amides is 1. The number of nitrogens with zero attached hydrogens (tertiary/aromatic N) is 2. The van der Waals surface area contributed by atoms with Crippen molar-refractivity contribution in [1.29, 1.82) is 0 Å². The Balaban J connectivity index is 1.66. The minimum Gasteiger partial charge on any atom is -0.296 e. The van der Waals surface area contributed by atoms with Crippen LogP contribution in [0.4, 0.5) is 10.8 Å². The molecular formula is C17H16N4O3S3. The van der Waals surface area contributed by atoms with Crippen LogP contribution in [0.15, 0.2) is 58.9 Å². The van der Waals surface area contributed by atoms with E-state index in [0.29, 0.717) is 5.13 Å². The molecule has 10 heteroatoms. The van der Waals surface area contributed by atoms with Crippen molar-refractivity contribution in [3.63, 3.8) is 0 Å². The molecule has 27 heavy (non-hydrogen) atoms. The number of para-hydroxylation sites is 1. The van der Waals surface area contributed by atoms with Crippen LogP contribution in [0.2, 0.25) is 0 Å². The highest BCUT2D eigenvalue weighted by molar-refractivity contribution is 8.00. The van der Waals surface area contributed by atoms with Crippen molar-refractivity contribution in [2.24, 2.45) is 0 Å². The molecule has 0 fully saturated rings. The van der Waals surface area contributed by atoms with Crippen molar-refractivity contribution in [1.82, 2.24) is 10.2 Å². The van der Waals surface area contributed by atoms with E-state index in [0.717, 1.165) is 16.3 Å². The second-order valence-corrected chi connectivity index (χ2v) is 9.47. The molecule has 7 nitrogen and oxygen atoms in total. The van der Waals surface area contributed by atoms with Crippen molar-refractivity contribution in [2.45, 2.75) is 10.1 Å². The Morgan fingerprint density at radius 2 is 1.78 bits per heavy atom. The molecule has 0 radical (unpaired) electrons. The number of rotatable bonds is 7. The Hall–Kier alpha value is -2.43. The van der Waals surface area contributed by atoms with Gasteiger partial charge in [0.2, 0.25) is 15.2 Å². The number of anilines is 2. The molecule has 2 N–H and O–H groups in total. The molecule has 0 spiro atoms. The summed E-state index contributed by atoms with van der Waals surface area (Å²) in [6.07, 6.45) is 1.03. The Morgan fingerprint density at radius 1 is 1.07 bits per heavy atom. The fourth-order valence-electron chi connectivity index (χ4n) is 2.17. The van der Waals surface area contributed by atoms with Gasteiger partial charge in [-0.2, -0.15) is 0 Å².